The van der Waals surface area contributed by atoms with Gasteiger partial charge in [0.25, 0.3) is 0 Å². The molecule has 4 rings (SSSR count). The number of nitrogens with zero attached hydrogens (tertiary/aromatic N) is 4. The molecule has 29 heavy (non-hydrogen) atoms. The summed E-state index contributed by atoms with van der Waals surface area (Å²) in [5, 5.41) is 14.3. The van der Waals surface area contributed by atoms with E-state index in [0.29, 0.717) is 5.82 Å². The van der Waals surface area contributed by atoms with Crippen LogP contribution < -0.4 is 10.6 Å². The summed E-state index contributed by atoms with van der Waals surface area (Å²) in [6, 6.07) is 3.98. The van der Waals surface area contributed by atoms with Gasteiger partial charge in [-0.25, -0.2) is 22.7 Å². The van der Waals surface area contributed by atoms with Gasteiger partial charge in [-0.05, 0) is 31.2 Å². The summed E-state index contributed by atoms with van der Waals surface area (Å²) < 4.78 is 48.9. The SMILES string of the molecule is CCOC(O)c1c(N)nn2ccc(N3C[C@H](F)C[C@@H]3c3cc(F)ccc3F)nc12. The van der Waals surface area contributed by atoms with Crippen LogP contribution in [0.1, 0.15) is 36.8 Å². The highest BCUT2D eigenvalue weighted by molar-refractivity contribution is 5.62. The van der Waals surface area contributed by atoms with E-state index < -0.39 is 30.1 Å². The van der Waals surface area contributed by atoms with Crippen molar-refractivity contribution >= 4 is 17.3 Å². The van der Waals surface area contributed by atoms with Gasteiger partial charge in [0.2, 0.25) is 0 Å². The number of aliphatic hydroxyl groups excluding tert-OH is 1. The van der Waals surface area contributed by atoms with Crippen molar-refractivity contribution in [2.24, 2.45) is 0 Å². The topological polar surface area (TPSA) is 88.9 Å². The summed E-state index contributed by atoms with van der Waals surface area (Å²) in [5.41, 5.74) is 6.38. The molecule has 0 radical (unpaired) electrons. The van der Waals surface area contributed by atoms with Crippen LogP contribution in [0.25, 0.3) is 5.65 Å². The van der Waals surface area contributed by atoms with Crippen molar-refractivity contribution in [1.82, 2.24) is 14.6 Å². The first-order chi connectivity index (χ1) is 13.9. The third-order valence-corrected chi connectivity index (χ3v) is 4.97. The second-order valence-corrected chi connectivity index (χ2v) is 6.83. The van der Waals surface area contributed by atoms with E-state index in [4.69, 9.17) is 10.5 Å². The van der Waals surface area contributed by atoms with Crippen molar-refractivity contribution in [2.75, 3.05) is 23.8 Å². The minimum absolute atomic E-state index is 0.00304. The van der Waals surface area contributed by atoms with E-state index in [2.05, 4.69) is 10.1 Å². The van der Waals surface area contributed by atoms with E-state index in [1.165, 1.54) is 4.52 Å². The molecule has 3 aromatic rings. The molecule has 0 spiro atoms. The predicted octanol–water partition coefficient (Wildman–Crippen LogP) is 2.91. The molecule has 2 aromatic heterocycles. The number of ether oxygens (including phenoxy) is 1. The Balaban J connectivity index is 1.78. The zero-order chi connectivity index (χ0) is 20.7. The number of anilines is 2. The van der Waals surface area contributed by atoms with E-state index in [0.717, 1.165) is 18.2 Å². The molecular formula is C19H20F3N5O2. The predicted molar refractivity (Wildman–Crippen MR) is 99.9 cm³/mol. The van der Waals surface area contributed by atoms with Crippen molar-refractivity contribution in [3.05, 3.63) is 53.2 Å². The summed E-state index contributed by atoms with van der Waals surface area (Å²) in [5.74, 6) is -0.834. The molecule has 1 unspecified atom stereocenters. The Morgan fingerprint density at radius 3 is 2.90 bits per heavy atom. The first-order valence-corrected chi connectivity index (χ1v) is 9.19. The standard InChI is InChI=1S/C19H20F3N5O2/c1-2-29-19(28)16-17(23)25-27-6-5-15(24-18(16)27)26-9-11(21)8-14(26)12-7-10(20)3-4-13(12)22/h3-7,11,14,19,28H,2,8-9H2,1H3,(H2,23,25)/t11-,14-,19?/m1/s1. The van der Waals surface area contributed by atoms with E-state index in [1.807, 2.05) is 0 Å². The van der Waals surface area contributed by atoms with Crippen LogP contribution in [0.2, 0.25) is 0 Å². The average molecular weight is 407 g/mol. The van der Waals surface area contributed by atoms with Crippen molar-refractivity contribution in [1.29, 1.82) is 0 Å². The van der Waals surface area contributed by atoms with Gasteiger partial charge in [-0.3, -0.25) is 0 Å². The highest BCUT2D eigenvalue weighted by Crippen LogP contribution is 2.38. The van der Waals surface area contributed by atoms with Crippen molar-refractivity contribution in [3.8, 4) is 0 Å². The van der Waals surface area contributed by atoms with Crippen molar-refractivity contribution in [2.45, 2.75) is 31.8 Å². The lowest BCUT2D eigenvalue weighted by Gasteiger charge is -2.26. The Morgan fingerprint density at radius 2 is 2.14 bits per heavy atom. The number of rotatable bonds is 5. The molecule has 1 aliphatic rings. The quantitative estimate of drug-likeness (QED) is 0.633. The molecule has 0 amide bonds. The molecule has 1 saturated heterocycles. The summed E-state index contributed by atoms with van der Waals surface area (Å²) in [6.07, 6.45) is -1.00. The second kappa shape index (κ2) is 7.53. The zero-order valence-electron chi connectivity index (χ0n) is 15.6. The molecule has 7 nitrogen and oxygen atoms in total. The van der Waals surface area contributed by atoms with Crippen molar-refractivity contribution < 1.29 is 23.0 Å². The van der Waals surface area contributed by atoms with Crippen LogP contribution in [-0.4, -0.2) is 39.0 Å². The maximum Gasteiger partial charge on any atom is 0.188 e. The number of hydrogen-bond donors (Lipinski definition) is 2. The minimum atomic E-state index is -1.33. The van der Waals surface area contributed by atoms with Gasteiger partial charge in [-0.1, -0.05) is 0 Å². The molecule has 154 valence electrons. The van der Waals surface area contributed by atoms with Gasteiger partial charge in [-0.15, -0.1) is 5.10 Å². The van der Waals surface area contributed by atoms with E-state index >= 15 is 0 Å². The molecular weight excluding hydrogens is 387 g/mol. The van der Waals surface area contributed by atoms with Crippen LogP contribution in [-0.2, 0) is 4.74 Å². The third-order valence-electron chi connectivity index (χ3n) is 4.97. The average Bonchev–Trinajstić information content (AvgIpc) is 3.22. The number of alkyl halides is 1. The van der Waals surface area contributed by atoms with Crippen LogP contribution in [0.15, 0.2) is 30.5 Å². The molecule has 3 atom stereocenters. The molecule has 1 aromatic carbocycles. The first-order valence-electron chi connectivity index (χ1n) is 9.19. The first kappa shape index (κ1) is 19.5. The van der Waals surface area contributed by atoms with Gasteiger partial charge in [0.05, 0.1) is 18.2 Å². The Hall–Kier alpha value is -2.85. The normalized spacial score (nSPS) is 20.5. The molecule has 10 heteroatoms. The van der Waals surface area contributed by atoms with Crippen molar-refractivity contribution in [3.63, 3.8) is 0 Å². The lowest BCUT2D eigenvalue weighted by atomic mass is 10.0. The third kappa shape index (κ3) is 3.49. The maximum absolute atomic E-state index is 14.3. The van der Waals surface area contributed by atoms with Crippen LogP contribution in [0, 0.1) is 11.6 Å². The Morgan fingerprint density at radius 1 is 1.34 bits per heavy atom. The zero-order valence-corrected chi connectivity index (χ0v) is 15.6. The van der Waals surface area contributed by atoms with Crippen LogP contribution >= 0.6 is 0 Å². The Bertz CT molecular complexity index is 1040. The van der Waals surface area contributed by atoms with Gasteiger partial charge in [-0.2, -0.15) is 0 Å². The number of benzene rings is 1. The number of aliphatic hydroxyl groups is 1. The molecule has 3 N–H and O–H groups in total. The Kier molecular flexibility index (Phi) is 5.05. The van der Waals surface area contributed by atoms with Crippen LogP contribution in [0.5, 0.6) is 0 Å². The summed E-state index contributed by atoms with van der Waals surface area (Å²) in [7, 11) is 0. The fourth-order valence-electron chi connectivity index (χ4n) is 3.69. The molecule has 1 fully saturated rings. The smallest absolute Gasteiger partial charge is 0.188 e. The number of hydrogen-bond acceptors (Lipinski definition) is 6. The van der Waals surface area contributed by atoms with E-state index in [9.17, 15) is 18.3 Å². The van der Waals surface area contributed by atoms with Gasteiger partial charge in [0.1, 0.15) is 23.6 Å². The maximum atomic E-state index is 14.3. The number of nitrogen functional groups attached to an aromatic ring is 1. The van der Waals surface area contributed by atoms with Gasteiger partial charge < -0.3 is 20.5 Å². The molecule has 0 aliphatic carbocycles. The summed E-state index contributed by atoms with van der Waals surface area (Å²) >= 11 is 0. The molecule has 1 aliphatic heterocycles. The number of nitrogens with two attached hydrogens (primary N) is 1. The summed E-state index contributed by atoms with van der Waals surface area (Å²) in [6.45, 7) is 1.93. The van der Waals surface area contributed by atoms with Gasteiger partial charge in [0.15, 0.2) is 17.8 Å². The highest BCUT2D eigenvalue weighted by Gasteiger charge is 2.36. The number of fused-ring (bicyclic) bond motifs is 1. The van der Waals surface area contributed by atoms with E-state index in [1.54, 1.807) is 24.1 Å². The number of halogens is 3. The van der Waals surface area contributed by atoms with Gasteiger partial charge >= 0.3 is 0 Å². The molecule has 0 bridgehead atoms. The summed E-state index contributed by atoms with van der Waals surface area (Å²) in [4.78, 5) is 6.04. The van der Waals surface area contributed by atoms with Gasteiger partial charge in [0, 0.05) is 24.8 Å². The fraction of sp³-hybridized carbons (Fsp3) is 0.368. The minimum Gasteiger partial charge on any atom is -0.382 e. The fourth-order valence-corrected chi connectivity index (χ4v) is 3.69. The Labute approximate surface area is 164 Å². The van der Waals surface area contributed by atoms with Crippen LogP contribution in [0.3, 0.4) is 0 Å². The molecule has 3 heterocycles. The molecule has 0 saturated carbocycles. The lowest BCUT2D eigenvalue weighted by molar-refractivity contribution is -0.0966. The van der Waals surface area contributed by atoms with E-state index in [-0.39, 0.29) is 42.2 Å². The number of aromatic nitrogens is 3. The highest BCUT2D eigenvalue weighted by atomic mass is 19.1. The monoisotopic (exact) mass is 407 g/mol. The van der Waals surface area contributed by atoms with Crippen LogP contribution in [0.4, 0.5) is 24.8 Å². The lowest BCUT2D eigenvalue weighted by Crippen LogP contribution is -2.25. The second-order valence-electron chi connectivity index (χ2n) is 6.83. The largest absolute Gasteiger partial charge is 0.382 e.